The van der Waals surface area contributed by atoms with Gasteiger partial charge in [-0.2, -0.15) is 0 Å². The van der Waals surface area contributed by atoms with Crippen molar-refractivity contribution in [3.63, 3.8) is 0 Å². The van der Waals surface area contributed by atoms with Crippen LogP contribution >= 0.6 is 0 Å². The minimum absolute atomic E-state index is 0.0331. The second-order valence-corrected chi connectivity index (χ2v) is 6.37. The van der Waals surface area contributed by atoms with E-state index in [1.807, 2.05) is 30.3 Å². The van der Waals surface area contributed by atoms with Gasteiger partial charge in [-0.25, -0.2) is 4.79 Å². The fourth-order valence-corrected chi connectivity index (χ4v) is 2.94. The highest BCUT2D eigenvalue weighted by Gasteiger charge is 2.18. The predicted octanol–water partition coefficient (Wildman–Crippen LogP) is 4.17. The topological polar surface area (TPSA) is 55.4 Å². The first-order chi connectivity index (χ1) is 13.2. The van der Waals surface area contributed by atoms with Crippen LogP contribution in [0.1, 0.15) is 40.7 Å². The summed E-state index contributed by atoms with van der Waals surface area (Å²) in [5, 5.41) is 2.98. The van der Waals surface area contributed by atoms with Crippen molar-refractivity contribution in [2.24, 2.45) is 5.92 Å². The molecule has 0 fully saturated rings. The molecule has 2 aromatic rings. The summed E-state index contributed by atoms with van der Waals surface area (Å²) in [5.41, 5.74) is 2.72. The van der Waals surface area contributed by atoms with Gasteiger partial charge >= 0.3 is 5.97 Å². The van der Waals surface area contributed by atoms with Crippen LogP contribution in [0.3, 0.4) is 0 Å². The van der Waals surface area contributed by atoms with Gasteiger partial charge in [-0.05, 0) is 55.7 Å². The van der Waals surface area contributed by atoms with Gasteiger partial charge in [-0.15, -0.1) is 0 Å². The molecule has 136 valence electrons. The maximum absolute atomic E-state index is 12.4. The minimum Gasteiger partial charge on any atom is -0.465 e. The van der Waals surface area contributed by atoms with E-state index >= 15 is 0 Å². The summed E-state index contributed by atoms with van der Waals surface area (Å²) in [4.78, 5) is 24.0. The molecule has 3 rings (SSSR count). The molecule has 0 heterocycles. The molecular formula is C23H21NO3. The molecule has 4 heteroatoms. The second kappa shape index (κ2) is 8.86. The van der Waals surface area contributed by atoms with Crippen LogP contribution in [0, 0.1) is 17.8 Å². The molecule has 1 amide bonds. The quantitative estimate of drug-likeness (QED) is 0.508. The average molecular weight is 359 g/mol. The van der Waals surface area contributed by atoms with Crippen LogP contribution in [0.4, 0.5) is 5.69 Å². The number of benzene rings is 2. The SMILES string of the molecule is COC(=O)c1cccc(C#Cc2cccc(NC(=O)[C@@H]3CC=CCC3)c2)c1. The molecule has 0 radical (unpaired) electrons. The fraction of sp³-hybridized carbons (Fsp3) is 0.217. The fourth-order valence-electron chi connectivity index (χ4n) is 2.94. The van der Waals surface area contributed by atoms with E-state index in [0.717, 1.165) is 36.1 Å². The van der Waals surface area contributed by atoms with Crippen LogP contribution in [0.25, 0.3) is 0 Å². The number of hydrogen-bond acceptors (Lipinski definition) is 3. The van der Waals surface area contributed by atoms with Crippen molar-refractivity contribution < 1.29 is 14.3 Å². The molecule has 1 aliphatic carbocycles. The van der Waals surface area contributed by atoms with Crippen molar-refractivity contribution >= 4 is 17.6 Å². The van der Waals surface area contributed by atoms with Gasteiger partial charge in [0.05, 0.1) is 12.7 Å². The highest BCUT2D eigenvalue weighted by atomic mass is 16.5. The van der Waals surface area contributed by atoms with E-state index in [1.54, 1.807) is 18.2 Å². The maximum Gasteiger partial charge on any atom is 0.337 e. The van der Waals surface area contributed by atoms with Crippen molar-refractivity contribution in [2.75, 3.05) is 12.4 Å². The third-order valence-electron chi connectivity index (χ3n) is 4.40. The minimum atomic E-state index is -0.388. The van der Waals surface area contributed by atoms with Crippen LogP contribution in [0.2, 0.25) is 0 Å². The van der Waals surface area contributed by atoms with Crippen LogP contribution < -0.4 is 5.32 Å². The summed E-state index contributed by atoms with van der Waals surface area (Å²) in [6, 6.07) is 14.5. The summed E-state index contributed by atoms with van der Waals surface area (Å²) >= 11 is 0. The number of ether oxygens (including phenoxy) is 1. The lowest BCUT2D eigenvalue weighted by atomic mass is 9.93. The second-order valence-electron chi connectivity index (χ2n) is 6.37. The predicted molar refractivity (Wildman–Crippen MR) is 105 cm³/mol. The lowest BCUT2D eigenvalue weighted by molar-refractivity contribution is -0.120. The monoisotopic (exact) mass is 359 g/mol. The van der Waals surface area contributed by atoms with Gasteiger partial charge in [0, 0.05) is 22.7 Å². The van der Waals surface area contributed by atoms with Crippen LogP contribution in [0.5, 0.6) is 0 Å². The first-order valence-electron chi connectivity index (χ1n) is 8.92. The summed E-state index contributed by atoms with van der Waals surface area (Å²) in [7, 11) is 1.35. The Hall–Kier alpha value is -3.32. The van der Waals surface area contributed by atoms with Crippen molar-refractivity contribution in [3.05, 3.63) is 77.4 Å². The number of allylic oxidation sites excluding steroid dienone is 2. The Morgan fingerprint density at radius 3 is 2.48 bits per heavy atom. The summed E-state index contributed by atoms with van der Waals surface area (Å²) in [5.74, 6) is 5.81. The Morgan fingerprint density at radius 1 is 1.04 bits per heavy atom. The number of carbonyl (C=O) groups excluding carboxylic acids is 2. The lowest BCUT2D eigenvalue weighted by Crippen LogP contribution is -2.23. The maximum atomic E-state index is 12.4. The Balaban J connectivity index is 1.71. The highest BCUT2D eigenvalue weighted by molar-refractivity contribution is 5.93. The summed E-state index contributed by atoms with van der Waals surface area (Å²) < 4.78 is 4.73. The van der Waals surface area contributed by atoms with Gasteiger partial charge in [0.15, 0.2) is 0 Å². The van der Waals surface area contributed by atoms with E-state index in [1.165, 1.54) is 7.11 Å². The van der Waals surface area contributed by atoms with E-state index in [4.69, 9.17) is 4.74 Å². The molecule has 0 saturated carbocycles. The van der Waals surface area contributed by atoms with E-state index in [0.29, 0.717) is 5.56 Å². The first kappa shape index (κ1) is 18.5. The van der Waals surface area contributed by atoms with E-state index in [2.05, 4.69) is 29.3 Å². The Bertz CT molecular complexity index is 934. The van der Waals surface area contributed by atoms with Crippen LogP contribution in [-0.4, -0.2) is 19.0 Å². The van der Waals surface area contributed by atoms with Gasteiger partial charge in [0.1, 0.15) is 0 Å². The van der Waals surface area contributed by atoms with Gasteiger partial charge in [-0.3, -0.25) is 4.79 Å². The van der Waals surface area contributed by atoms with Gasteiger partial charge in [0.2, 0.25) is 5.91 Å². The zero-order valence-electron chi connectivity index (χ0n) is 15.2. The molecule has 4 nitrogen and oxygen atoms in total. The standard InChI is InChI=1S/C23H21NO3/c1-27-23(26)20-11-5-7-17(15-20)13-14-18-8-6-12-21(16-18)24-22(25)19-9-3-2-4-10-19/h2-3,5-8,11-12,15-16,19H,4,9-10H2,1H3,(H,24,25)/t19-/m1/s1. The Labute approximate surface area is 159 Å². The van der Waals surface area contributed by atoms with Crippen molar-refractivity contribution in [1.29, 1.82) is 0 Å². The van der Waals surface area contributed by atoms with Crippen LogP contribution in [0.15, 0.2) is 60.7 Å². The third-order valence-corrected chi connectivity index (χ3v) is 4.40. The molecule has 0 aliphatic heterocycles. The first-order valence-corrected chi connectivity index (χ1v) is 8.92. The molecule has 0 aromatic heterocycles. The highest BCUT2D eigenvalue weighted by Crippen LogP contribution is 2.20. The van der Waals surface area contributed by atoms with Crippen molar-refractivity contribution in [1.82, 2.24) is 0 Å². The number of rotatable bonds is 3. The lowest BCUT2D eigenvalue weighted by Gasteiger charge is -2.17. The molecular weight excluding hydrogens is 338 g/mol. The molecule has 0 saturated heterocycles. The smallest absolute Gasteiger partial charge is 0.337 e. The van der Waals surface area contributed by atoms with E-state index < -0.39 is 0 Å². The summed E-state index contributed by atoms with van der Waals surface area (Å²) in [6.45, 7) is 0. The molecule has 0 unspecified atom stereocenters. The van der Waals surface area contributed by atoms with Gasteiger partial charge in [-0.1, -0.05) is 36.1 Å². The van der Waals surface area contributed by atoms with E-state index in [9.17, 15) is 9.59 Å². The number of amides is 1. The number of hydrogen-bond donors (Lipinski definition) is 1. The molecule has 0 spiro atoms. The molecule has 0 bridgehead atoms. The molecule has 2 aromatic carbocycles. The van der Waals surface area contributed by atoms with Crippen LogP contribution in [-0.2, 0) is 9.53 Å². The van der Waals surface area contributed by atoms with Crippen molar-refractivity contribution in [3.8, 4) is 11.8 Å². The number of esters is 1. The number of carbonyl (C=O) groups is 2. The molecule has 1 aliphatic rings. The third kappa shape index (κ3) is 5.08. The zero-order valence-corrected chi connectivity index (χ0v) is 15.2. The number of anilines is 1. The normalized spacial score (nSPS) is 15.4. The largest absolute Gasteiger partial charge is 0.465 e. The molecule has 1 N–H and O–H groups in total. The van der Waals surface area contributed by atoms with Gasteiger partial charge < -0.3 is 10.1 Å². The Kier molecular flexibility index (Phi) is 6.06. The van der Waals surface area contributed by atoms with Crippen molar-refractivity contribution in [2.45, 2.75) is 19.3 Å². The molecule has 27 heavy (non-hydrogen) atoms. The van der Waals surface area contributed by atoms with E-state index in [-0.39, 0.29) is 17.8 Å². The Morgan fingerprint density at radius 2 is 1.78 bits per heavy atom. The molecule has 1 atom stereocenters. The summed E-state index contributed by atoms with van der Waals surface area (Å²) in [6.07, 6.45) is 6.82. The van der Waals surface area contributed by atoms with Gasteiger partial charge in [0.25, 0.3) is 0 Å². The number of methoxy groups -OCH3 is 1. The zero-order chi connectivity index (χ0) is 19.1. The number of nitrogens with one attached hydrogen (secondary N) is 1. The average Bonchev–Trinajstić information content (AvgIpc) is 2.73.